The van der Waals surface area contributed by atoms with Crippen LogP contribution in [-0.2, 0) is 12.8 Å². The lowest BCUT2D eigenvalue weighted by atomic mass is 10.2. The average Bonchev–Trinajstić information content (AvgIpc) is 2.73. The minimum Gasteiger partial charge on any atom is -0.388 e. The third kappa shape index (κ3) is 4.03. The van der Waals surface area contributed by atoms with Gasteiger partial charge in [0.2, 0.25) is 0 Å². The molecule has 10 heteroatoms. The summed E-state index contributed by atoms with van der Waals surface area (Å²) in [5, 5.41) is 13.4. The molecule has 30 heavy (non-hydrogen) atoms. The van der Waals surface area contributed by atoms with Crippen LogP contribution in [0, 0.1) is 0 Å². The third-order valence-electron chi connectivity index (χ3n) is 4.22. The van der Waals surface area contributed by atoms with Crippen LogP contribution in [0.25, 0.3) is 22.4 Å². The number of rotatable bonds is 4. The normalized spacial score (nSPS) is 11.6. The Labute approximate surface area is 173 Å². The van der Waals surface area contributed by atoms with E-state index in [1.807, 2.05) is 0 Å². The molecule has 0 saturated heterocycles. The second kappa shape index (κ2) is 7.85. The number of benzene rings is 1. The second-order valence-corrected chi connectivity index (χ2v) is 6.66. The van der Waals surface area contributed by atoms with E-state index in [9.17, 15) is 18.3 Å². The largest absolute Gasteiger partial charge is 0.416 e. The van der Waals surface area contributed by atoms with Gasteiger partial charge >= 0.3 is 6.18 Å². The molecule has 2 N–H and O–H groups in total. The molecule has 3 heterocycles. The minimum absolute atomic E-state index is 0.105. The number of aliphatic hydroxyl groups is 1. The number of pyridine rings is 2. The highest BCUT2D eigenvalue weighted by atomic mass is 35.5. The highest BCUT2D eigenvalue weighted by Gasteiger charge is 2.30. The lowest BCUT2D eigenvalue weighted by Gasteiger charge is -2.12. The lowest BCUT2D eigenvalue weighted by molar-refractivity contribution is -0.137. The van der Waals surface area contributed by atoms with Crippen LogP contribution in [0.4, 0.5) is 24.7 Å². The van der Waals surface area contributed by atoms with Crippen molar-refractivity contribution in [1.29, 1.82) is 0 Å². The Morgan fingerprint density at radius 2 is 1.73 bits per heavy atom. The van der Waals surface area contributed by atoms with E-state index in [1.165, 1.54) is 12.1 Å². The number of aromatic nitrogens is 4. The number of nitrogens with one attached hydrogen (secondary N) is 1. The molecule has 0 amide bonds. The molecule has 0 saturated carbocycles. The van der Waals surface area contributed by atoms with E-state index in [2.05, 4.69) is 25.3 Å². The highest BCUT2D eigenvalue weighted by Crippen LogP contribution is 2.32. The van der Waals surface area contributed by atoms with Crippen LogP contribution in [0.1, 0.15) is 11.4 Å². The van der Waals surface area contributed by atoms with Crippen LogP contribution in [0.15, 0.2) is 54.7 Å². The summed E-state index contributed by atoms with van der Waals surface area (Å²) in [6.45, 7) is -0.437. The SMILES string of the molecule is OCc1nc(Nc2ccc(C(F)(F)F)cc2)c2ccc(-c3ncccc3Cl)nc2n1. The number of hydrogen-bond donors (Lipinski definition) is 2. The Hall–Kier alpha value is -3.30. The number of nitrogens with zero attached hydrogens (tertiary/aromatic N) is 4. The number of fused-ring (bicyclic) bond motifs is 1. The van der Waals surface area contributed by atoms with Gasteiger partial charge in [0.1, 0.15) is 18.1 Å². The average molecular weight is 432 g/mol. The number of alkyl halides is 3. The molecule has 0 aliphatic rings. The first-order valence-corrected chi connectivity index (χ1v) is 9.06. The number of halogens is 4. The number of aliphatic hydroxyl groups excluding tert-OH is 1. The molecule has 3 aromatic heterocycles. The van der Waals surface area contributed by atoms with E-state index in [1.54, 1.807) is 30.5 Å². The molecule has 4 rings (SSSR count). The fraction of sp³-hybridized carbons (Fsp3) is 0.100. The maximum absolute atomic E-state index is 12.8. The molecule has 6 nitrogen and oxygen atoms in total. The van der Waals surface area contributed by atoms with Crippen LogP contribution < -0.4 is 5.32 Å². The van der Waals surface area contributed by atoms with Crippen molar-refractivity contribution < 1.29 is 18.3 Å². The first-order valence-electron chi connectivity index (χ1n) is 8.69. The summed E-state index contributed by atoms with van der Waals surface area (Å²) in [6, 6.07) is 11.3. The second-order valence-electron chi connectivity index (χ2n) is 6.25. The molecular formula is C20H13ClF3N5O. The molecular weight excluding hydrogens is 419 g/mol. The molecule has 4 aromatic rings. The van der Waals surface area contributed by atoms with Crippen molar-refractivity contribution in [3.05, 3.63) is 71.1 Å². The van der Waals surface area contributed by atoms with Gasteiger partial charge in [-0.05, 0) is 48.5 Å². The van der Waals surface area contributed by atoms with Crippen molar-refractivity contribution in [3.8, 4) is 11.4 Å². The number of anilines is 2. The van der Waals surface area contributed by atoms with E-state index < -0.39 is 18.3 Å². The van der Waals surface area contributed by atoms with Crippen LogP contribution in [0.5, 0.6) is 0 Å². The van der Waals surface area contributed by atoms with Gasteiger partial charge in [0.05, 0.1) is 21.7 Å². The van der Waals surface area contributed by atoms with Crippen molar-refractivity contribution in [2.45, 2.75) is 12.8 Å². The zero-order valence-electron chi connectivity index (χ0n) is 15.2. The first-order chi connectivity index (χ1) is 14.3. The van der Waals surface area contributed by atoms with Gasteiger partial charge in [-0.25, -0.2) is 15.0 Å². The molecule has 0 spiro atoms. The van der Waals surface area contributed by atoms with E-state index in [0.717, 1.165) is 12.1 Å². The summed E-state index contributed by atoms with van der Waals surface area (Å²) >= 11 is 6.18. The zero-order valence-corrected chi connectivity index (χ0v) is 15.9. The molecule has 1 aromatic carbocycles. The van der Waals surface area contributed by atoms with Crippen molar-refractivity contribution in [1.82, 2.24) is 19.9 Å². The predicted octanol–water partition coefficient (Wildman–Crippen LogP) is 4.99. The Bertz CT molecular complexity index is 1220. The summed E-state index contributed by atoms with van der Waals surface area (Å²) in [5.74, 6) is 0.406. The zero-order chi connectivity index (χ0) is 21.3. The van der Waals surface area contributed by atoms with Gasteiger partial charge in [-0.15, -0.1) is 0 Å². The van der Waals surface area contributed by atoms with Gasteiger partial charge in [0.25, 0.3) is 0 Å². The Morgan fingerprint density at radius 3 is 2.40 bits per heavy atom. The molecule has 0 radical (unpaired) electrons. The Morgan fingerprint density at radius 1 is 0.967 bits per heavy atom. The molecule has 0 aliphatic heterocycles. The quantitative estimate of drug-likeness (QED) is 0.473. The topological polar surface area (TPSA) is 83.8 Å². The third-order valence-corrected chi connectivity index (χ3v) is 4.53. The van der Waals surface area contributed by atoms with Gasteiger partial charge in [0.15, 0.2) is 11.5 Å². The summed E-state index contributed by atoms with van der Waals surface area (Å²) < 4.78 is 38.3. The number of hydrogen-bond acceptors (Lipinski definition) is 6. The van der Waals surface area contributed by atoms with Crippen LogP contribution in [-0.4, -0.2) is 25.0 Å². The molecule has 0 aliphatic carbocycles. The Kier molecular flexibility index (Phi) is 5.23. The Balaban J connectivity index is 1.75. The van der Waals surface area contributed by atoms with Crippen molar-refractivity contribution in [3.63, 3.8) is 0 Å². The molecule has 152 valence electrons. The fourth-order valence-electron chi connectivity index (χ4n) is 2.81. The summed E-state index contributed by atoms with van der Waals surface area (Å²) in [4.78, 5) is 17.1. The molecule has 0 unspecified atom stereocenters. The van der Waals surface area contributed by atoms with Gasteiger partial charge in [0, 0.05) is 11.9 Å². The van der Waals surface area contributed by atoms with Gasteiger partial charge < -0.3 is 10.4 Å². The molecule has 0 fully saturated rings. The maximum atomic E-state index is 12.8. The summed E-state index contributed by atoms with van der Waals surface area (Å²) in [5.41, 5.74) is 0.875. The van der Waals surface area contributed by atoms with E-state index >= 15 is 0 Å². The van der Waals surface area contributed by atoms with Gasteiger partial charge in [-0.3, -0.25) is 4.98 Å². The monoisotopic (exact) mass is 431 g/mol. The van der Waals surface area contributed by atoms with Crippen molar-refractivity contribution >= 4 is 34.1 Å². The van der Waals surface area contributed by atoms with Gasteiger partial charge in [-0.2, -0.15) is 13.2 Å². The first kappa shape index (κ1) is 20.0. The van der Waals surface area contributed by atoms with E-state index in [4.69, 9.17) is 11.6 Å². The van der Waals surface area contributed by atoms with Crippen LogP contribution >= 0.6 is 11.6 Å². The predicted molar refractivity (Wildman–Crippen MR) is 106 cm³/mol. The highest BCUT2D eigenvalue weighted by molar-refractivity contribution is 6.32. The standard InChI is InChI=1S/C20H13ClF3N5O/c21-14-2-1-9-25-17(14)15-8-7-13-18(28-16(10-30)29-19(13)27-15)26-12-5-3-11(4-6-12)20(22,23)24/h1-9,30H,10H2,(H,26,27,28,29). The smallest absolute Gasteiger partial charge is 0.388 e. The summed E-state index contributed by atoms with van der Waals surface area (Å²) in [7, 11) is 0. The summed E-state index contributed by atoms with van der Waals surface area (Å²) in [6.07, 6.45) is -2.83. The van der Waals surface area contributed by atoms with Crippen LogP contribution in [0.2, 0.25) is 5.02 Å². The maximum Gasteiger partial charge on any atom is 0.416 e. The molecule has 0 bridgehead atoms. The van der Waals surface area contributed by atoms with E-state index in [0.29, 0.717) is 33.3 Å². The minimum atomic E-state index is -4.42. The lowest BCUT2D eigenvalue weighted by Crippen LogP contribution is -2.05. The van der Waals surface area contributed by atoms with Crippen molar-refractivity contribution in [2.24, 2.45) is 0 Å². The molecule has 0 atom stereocenters. The van der Waals surface area contributed by atoms with E-state index in [-0.39, 0.29) is 11.5 Å². The van der Waals surface area contributed by atoms with Crippen molar-refractivity contribution in [2.75, 3.05) is 5.32 Å². The fourth-order valence-corrected chi connectivity index (χ4v) is 3.02. The van der Waals surface area contributed by atoms with Gasteiger partial charge in [-0.1, -0.05) is 11.6 Å². The van der Waals surface area contributed by atoms with Crippen LogP contribution in [0.3, 0.4) is 0 Å².